The molecular formula is C14H25NO. The molecule has 0 rings (SSSR count). The van der Waals surface area contributed by atoms with Gasteiger partial charge in [-0.15, -0.1) is 6.58 Å². The fourth-order valence-corrected chi connectivity index (χ4v) is 0.278. The second-order valence-electron chi connectivity index (χ2n) is 1.99. The smallest absolute Gasteiger partial charge is 0.0991 e. The van der Waals surface area contributed by atoms with E-state index in [4.69, 9.17) is 5.26 Å². The van der Waals surface area contributed by atoms with Crippen LogP contribution in [0.4, 0.5) is 0 Å². The van der Waals surface area contributed by atoms with Crippen LogP contribution in [-0.4, -0.2) is 14.2 Å². The molecule has 2 nitrogen and oxygen atoms in total. The van der Waals surface area contributed by atoms with E-state index >= 15 is 0 Å². The number of hydrogen-bond donors (Lipinski definition) is 0. The van der Waals surface area contributed by atoms with Gasteiger partial charge in [-0.2, -0.15) is 5.26 Å². The molecule has 0 fully saturated rings. The maximum Gasteiger partial charge on any atom is 0.0991 e. The number of nitrogens with zero attached hydrogens (tertiary/aromatic N) is 1. The lowest BCUT2D eigenvalue weighted by Gasteiger charge is -1.76. The zero-order valence-electron chi connectivity index (χ0n) is 11.3. The van der Waals surface area contributed by atoms with Crippen LogP contribution < -0.4 is 0 Å². The van der Waals surface area contributed by atoms with Crippen molar-refractivity contribution in [2.45, 2.75) is 20.8 Å². The summed E-state index contributed by atoms with van der Waals surface area (Å²) in [5.41, 5.74) is 0.542. The molecule has 0 saturated carbocycles. The van der Waals surface area contributed by atoms with Gasteiger partial charge in [0.25, 0.3) is 0 Å². The van der Waals surface area contributed by atoms with Crippen LogP contribution in [-0.2, 0) is 4.74 Å². The fourth-order valence-electron chi connectivity index (χ4n) is 0.278. The SMILES string of the molecule is C=C/C=C(/C#N)C=C.C=CC.CC.COC. The molecule has 0 aliphatic carbocycles. The summed E-state index contributed by atoms with van der Waals surface area (Å²) in [5, 5.41) is 8.22. The Balaban J connectivity index is -0.0000000752. The minimum atomic E-state index is 0.542. The first kappa shape index (κ1) is 23.9. The van der Waals surface area contributed by atoms with Gasteiger partial charge in [-0.3, -0.25) is 0 Å². The Kier molecular flexibility index (Phi) is 56.2. The highest BCUT2D eigenvalue weighted by molar-refractivity contribution is 5.33. The Morgan fingerprint density at radius 1 is 1.19 bits per heavy atom. The second-order valence-corrected chi connectivity index (χ2v) is 1.99. The molecule has 0 spiro atoms. The molecule has 0 saturated heterocycles. The van der Waals surface area contributed by atoms with Crippen LogP contribution in [0.3, 0.4) is 0 Å². The molecule has 2 heteroatoms. The summed E-state index contributed by atoms with van der Waals surface area (Å²) in [6.07, 6.45) is 6.40. The van der Waals surface area contributed by atoms with Crippen molar-refractivity contribution in [3.8, 4) is 6.07 Å². The zero-order valence-corrected chi connectivity index (χ0v) is 11.3. The molecule has 0 radical (unpaired) electrons. The molecular weight excluding hydrogens is 198 g/mol. The molecule has 0 bridgehead atoms. The van der Waals surface area contributed by atoms with E-state index in [1.807, 2.05) is 26.8 Å². The number of ether oxygens (including phenoxy) is 1. The highest BCUT2D eigenvalue weighted by atomic mass is 16.4. The van der Waals surface area contributed by atoms with Crippen molar-refractivity contribution in [3.63, 3.8) is 0 Å². The molecule has 16 heavy (non-hydrogen) atoms. The van der Waals surface area contributed by atoms with Crippen LogP contribution in [0.2, 0.25) is 0 Å². The molecule has 0 N–H and O–H groups in total. The second kappa shape index (κ2) is 37.6. The summed E-state index contributed by atoms with van der Waals surface area (Å²) in [6, 6.07) is 1.92. The molecule has 0 amide bonds. The topological polar surface area (TPSA) is 33.0 Å². The fraction of sp³-hybridized carbons (Fsp3) is 0.357. The van der Waals surface area contributed by atoms with Gasteiger partial charge in [-0.25, -0.2) is 0 Å². The first-order valence-electron chi connectivity index (χ1n) is 5.00. The van der Waals surface area contributed by atoms with Crippen molar-refractivity contribution in [1.82, 2.24) is 0 Å². The van der Waals surface area contributed by atoms with E-state index in [2.05, 4.69) is 24.5 Å². The largest absolute Gasteiger partial charge is 0.388 e. The molecule has 0 aromatic carbocycles. The van der Waals surface area contributed by atoms with E-state index in [9.17, 15) is 0 Å². The minimum absolute atomic E-state index is 0.542. The Morgan fingerprint density at radius 3 is 1.56 bits per heavy atom. The standard InChI is InChI=1S/C7H7N.C3H6.C2H6O.C2H6/c1-3-5-7(4-2)6-8;2*1-3-2;1-2/h3-5H,1-2H2;3H,1H2,2H3;1-2H3;1-2H3/b7-5+;;;. The van der Waals surface area contributed by atoms with Crippen molar-refractivity contribution in [2.75, 3.05) is 14.2 Å². The Hall–Kier alpha value is -1.59. The van der Waals surface area contributed by atoms with Crippen LogP contribution in [0.1, 0.15) is 20.8 Å². The van der Waals surface area contributed by atoms with Gasteiger partial charge in [0.05, 0.1) is 11.6 Å². The lowest BCUT2D eigenvalue weighted by atomic mass is 10.3. The Morgan fingerprint density at radius 2 is 1.50 bits per heavy atom. The van der Waals surface area contributed by atoms with Gasteiger partial charge >= 0.3 is 0 Å². The number of allylic oxidation sites excluding steroid dienone is 5. The van der Waals surface area contributed by atoms with E-state index < -0.39 is 0 Å². The summed E-state index contributed by atoms with van der Waals surface area (Å²) in [7, 11) is 3.25. The van der Waals surface area contributed by atoms with E-state index in [1.54, 1.807) is 32.4 Å². The third-order valence-corrected chi connectivity index (χ3v) is 0.646. The molecule has 0 aliphatic rings. The third-order valence-electron chi connectivity index (χ3n) is 0.646. The van der Waals surface area contributed by atoms with Gasteiger partial charge in [-0.1, -0.05) is 45.2 Å². The number of methoxy groups -OCH3 is 1. The molecule has 0 atom stereocenters. The average molecular weight is 223 g/mol. The lowest BCUT2D eigenvalue weighted by Crippen LogP contribution is -1.64. The van der Waals surface area contributed by atoms with Crippen molar-refractivity contribution in [1.29, 1.82) is 5.26 Å². The van der Waals surface area contributed by atoms with Crippen LogP contribution >= 0.6 is 0 Å². The summed E-state index contributed by atoms with van der Waals surface area (Å²) in [5.74, 6) is 0. The van der Waals surface area contributed by atoms with Gasteiger partial charge in [0.2, 0.25) is 0 Å². The van der Waals surface area contributed by atoms with Crippen LogP contribution in [0.15, 0.2) is 49.6 Å². The monoisotopic (exact) mass is 223 g/mol. The molecule has 0 aromatic rings. The number of hydrogen-bond acceptors (Lipinski definition) is 2. The van der Waals surface area contributed by atoms with Crippen molar-refractivity contribution in [3.05, 3.63) is 49.6 Å². The molecule has 92 valence electrons. The van der Waals surface area contributed by atoms with Crippen molar-refractivity contribution in [2.24, 2.45) is 0 Å². The summed E-state index contributed by atoms with van der Waals surface area (Å²) in [4.78, 5) is 0. The molecule has 0 aliphatic heterocycles. The number of nitriles is 1. The van der Waals surface area contributed by atoms with Gasteiger partial charge in [0, 0.05) is 14.2 Å². The highest BCUT2D eigenvalue weighted by Crippen LogP contribution is 1.90. The summed E-state index contributed by atoms with van der Waals surface area (Å²) >= 11 is 0. The van der Waals surface area contributed by atoms with Crippen LogP contribution in [0, 0.1) is 11.3 Å². The third kappa shape index (κ3) is 55.2. The van der Waals surface area contributed by atoms with E-state index in [0.717, 1.165) is 0 Å². The summed E-state index contributed by atoms with van der Waals surface area (Å²) < 4.78 is 4.25. The maximum atomic E-state index is 8.22. The van der Waals surface area contributed by atoms with Gasteiger partial charge in [0.1, 0.15) is 0 Å². The van der Waals surface area contributed by atoms with Crippen molar-refractivity contribution >= 4 is 0 Å². The molecule has 0 aromatic heterocycles. The first-order chi connectivity index (χ1) is 7.67. The van der Waals surface area contributed by atoms with E-state index in [0.29, 0.717) is 5.57 Å². The molecule has 0 heterocycles. The van der Waals surface area contributed by atoms with E-state index in [1.165, 1.54) is 6.08 Å². The Labute approximate surface area is 101 Å². The Bertz CT molecular complexity index is 209. The van der Waals surface area contributed by atoms with E-state index in [-0.39, 0.29) is 0 Å². The molecule has 0 unspecified atom stereocenters. The average Bonchev–Trinajstić information content (AvgIpc) is 2.31. The maximum absolute atomic E-state index is 8.22. The first-order valence-corrected chi connectivity index (χ1v) is 5.00. The normalized spacial score (nSPS) is 7.12. The number of rotatable bonds is 2. The summed E-state index contributed by atoms with van der Waals surface area (Å²) in [6.45, 7) is 16.1. The van der Waals surface area contributed by atoms with Gasteiger partial charge in [0.15, 0.2) is 0 Å². The van der Waals surface area contributed by atoms with Crippen molar-refractivity contribution < 1.29 is 4.74 Å². The minimum Gasteiger partial charge on any atom is -0.388 e. The predicted octanol–water partition coefficient (Wildman–Crippen LogP) is 4.29. The van der Waals surface area contributed by atoms with Crippen LogP contribution in [0.5, 0.6) is 0 Å². The van der Waals surface area contributed by atoms with Gasteiger partial charge < -0.3 is 4.74 Å². The zero-order chi connectivity index (χ0) is 13.8. The predicted molar refractivity (Wildman–Crippen MR) is 74.2 cm³/mol. The highest BCUT2D eigenvalue weighted by Gasteiger charge is 1.78. The van der Waals surface area contributed by atoms with Gasteiger partial charge in [-0.05, 0) is 13.0 Å². The quantitative estimate of drug-likeness (QED) is 0.397. The lowest BCUT2D eigenvalue weighted by molar-refractivity contribution is 0.277. The van der Waals surface area contributed by atoms with Crippen LogP contribution in [0.25, 0.3) is 0 Å².